The molecular formula is C22H27ClN2O3. The lowest BCUT2D eigenvalue weighted by Crippen LogP contribution is -2.47. The minimum atomic E-state index is -0.557. The number of nitrogens with one attached hydrogen (secondary N) is 1. The predicted molar refractivity (Wildman–Crippen MR) is 111 cm³/mol. The van der Waals surface area contributed by atoms with Gasteiger partial charge in [0.25, 0.3) is 0 Å². The van der Waals surface area contributed by atoms with Crippen LogP contribution in [0.3, 0.4) is 0 Å². The van der Waals surface area contributed by atoms with Gasteiger partial charge in [0.2, 0.25) is 11.8 Å². The SMILES string of the molecule is CCNC(=O)[C@@H](C)N(Cc1ccc(Cl)cc1)C(=O)CCCOc1ccccc1. The molecule has 6 heteroatoms. The molecule has 2 rings (SSSR count). The van der Waals surface area contributed by atoms with Crippen LogP contribution in [0.4, 0.5) is 0 Å². The smallest absolute Gasteiger partial charge is 0.242 e. The van der Waals surface area contributed by atoms with Crippen LogP contribution in [0.15, 0.2) is 54.6 Å². The predicted octanol–water partition coefficient (Wildman–Crippen LogP) is 4.05. The van der Waals surface area contributed by atoms with E-state index in [0.29, 0.717) is 37.6 Å². The highest BCUT2D eigenvalue weighted by atomic mass is 35.5. The maximum atomic E-state index is 12.8. The third kappa shape index (κ3) is 6.89. The first-order valence-electron chi connectivity index (χ1n) is 9.50. The van der Waals surface area contributed by atoms with E-state index >= 15 is 0 Å². The zero-order valence-electron chi connectivity index (χ0n) is 16.4. The Hall–Kier alpha value is -2.53. The van der Waals surface area contributed by atoms with Crippen molar-refractivity contribution in [3.8, 4) is 5.75 Å². The molecule has 0 unspecified atom stereocenters. The molecule has 5 nitrogen and oxygen atoms in total. The first-order valence-corrected chi connectivity index (χ1v) is 9.88. The summed E-state index contributed by atoms with van der Waals surface area (Å²) in [4.78, 5) is 26.7. The number of rotatable bonds is 10. The summed E-state index contributed by atoms with van der Waals surface area (Å²) < 4.78 is 5.65. The number of ether oxygens (including phenoxy) is 1. The van der Waals surface area contributed by atoms with E-state index in [2.05, 4.69) is 5.32 Å². The molecule has 0 aliphatic rings. The summed E-state index contributed by atoms with van der Waals surface area (Å²) in [5.41, 5.74) is 0.925. The van der Waals surface area contributed by atoms with Gasteiger partial charge in [-0.25, -0.2) is 0 Å². The molecular weight excluding hydrogens is 376 g/mol. The van der Waals surface area contributed by atoms with Crippen molar-refractivity contribution >= 4 is 23.4 Å². The van der Waals surface area contributed by atoms with Crippen LogP contribution in [0.2, 0.25) is 5.02 Å². The lowest BCUT2D eigenvalue weighted by molar-refractivity contribution is -0.140. The Morgan fingerprint density at radius 3 is 2.43 bits per heavy atom. The van der Waals surface area contributed by atoms with Gasteiger partial charge in [-0.1, -0.05) is 41.9 Å². The maximum Gasteiger partial charge on any atom is 0.242 e. The Labute approximate surface area is 171 Å². The van der Waals surface area contributed by atoms with E-state index in [4.69, 9.17) is 16.3 Å². The molecule has 150 valence electrons. The summed E-state index contributed by atoms with van der Waals surface area (Å²) in [5, 5.41) is 3.42. The van der Waals surface area contributed by atoms with Crippen molar-refractivity contribution in [2.45, 2.75) is 39.3 Å². The molecule has 0 aromatic heterocycles. The molecule has 0 radical (unpaired) electrons. The number of halogens is 1. The van der Waals surface area contributed by atoms with Gasteiger partial charge in [0, 0.05) is 24.5 Å². The van der Waals surface area contributed by atoms with Gasteiger partial charge in [-0.15, -0.1) is 0 Å². The molecule has 0 saturated carbocycles. The van der Waals surface area contributed by atoms with Gasteiger partial charge in [-0.05, 0) is 50.1 Å². The molecule has 0 saturated heterocycles. The zero-order valence-corrected chi connectivity index (χ0v) is 17.1. The number of nitrogens with zero attached hydrogens (tertiary/aromatic N) is 1. The van der Waals surface area contributed by atoms with E-state index in [1.165, 1.54) is 0 Å². The normalized spacial score (nSPS) is 11.5. The van der Waals surface area contributed by atoms with Gasteiger partial charge >= 0.3 is 0 Å². The Balaban J connectivity index is 1.96. The zero-order chi connectivity index (χ0) is 20.4. The van der Waals surface area contributed by atoms with Crippen LogP contribution in [-0.2, 0) is 16.1 Å². The molecule has 0 fully saturated rings. The fourth-order valence-corrected chi connectivity index (χ4v) is 2.89. The number of carbonyl (C=O) groups is 2. The highest BCUT2D eigenvalue weighted by molar-refractivity contribution is 6.30. The van der Waals surface area contributed by atoms with Gasteiger partial charge < -0.3 is 15.0 Å². The summed E-state index contributed by atoms with van der Waals surface area (Å²) in [5.74, 6) is 0.541. The molecule has 1 N–H and O–H groups in total. The first kappa shape index (κ1) is 21.8. The fourth-order valence-electron chi connectivity index (χ4n) is 2.76. The number of carbonyl (C=O) groups excluding carboxylic acids is 2. The van der Waals surface area contributed by atoms with Crippen LogP contribution in [0.25, 0.3) is 0 Å². The average Bonchev–Trinajstić information content (AvgIpc) is 2.71. The molecule has 2 amide bonds. The van der Waals surface area contributed by atoms with Crippen LogP contribution in [-0.4, -0.2) is 35.9 Å². The summed E-state index contributed by atoms with van der Waals surface area (Å²) >= 11 is 5.94. The molecule has 0 heterocycles. The number of hydrogen-bond acceptors (Lipinski definition) is 3. The first-order chi connectivity index (χ1) is 13.5. The molecule has 0 aliphatic carbocycles. The second-order valence-electron chi connectivity index (χ2n) is 6.48. The Kier molecular flexibility index (Phi) is 8.82. The van der Waals surface area contributed by atoms with E-state index in [-0.39, 0.29) is 11.8 Å². The van der Waals surface area contributed by atoms with Crippen LogP contribution in [0.1, 0.15) is 32.3 Å². The monoisotopic (exact) mass is 402 g/mol. The molecule has 2 aromatic rings. The standard InChI is InChI=1S/C22H27ClN2O3/c1-3-24-22(27)17(2)25(16-18-11-13-19(23)14-12-18)21(26)10-7-15-28-20-8-5-4-6-9-20/h4-6,8-9,11-14,17H,3,7,10,15-16H2,1-2H3,(H,24,27)/t17-/m1/s1. The number of likely N-dealkylation sites (N-methyl/N-ethyl adjacent to an activating group) is 1. The molecule has 0 spiro atoms. The second kappa shape index (κ2) is 11.3. The van der Waals surface area contributed by atoms with Crippen molar-refractivity contribution in [1.29, 1.82) is 0 Å². The van der Waals surface area contributed by atoms with Crippen molar-refractivity contribution in [2.75, 3.05) is 13.2 Å². The topological polar surface area (TPSA) is 58.6 Å². The number of benzene rings is 2. The molecule has 0 bridgehead atoms. The van der Waals surface area contributed by atoms with Gasteiger partial charge in [0.1, 0.15) is 11.8 Å². The quantitative estimate of drug-likeness (QED) is 0.610. The lowest BCUT2D eigenvalue weighted by atomic mass is 10.1. The molecule has 1 atom stereocenters. The minimum absolute atomic E-state index is 0.0784. The summed E-state index contributed by atoms with van der Waals surface area (Å²) in [6.45, 7) is 4.93. The van der Waals surface area contributed by atoms with E-state index in [9.17, 15) is 9.59 Å². The maximum absolute atomic E-state index is 12.8. The van der Waals surface area contributed by atoms with Gasteiger partial charge in [-0.3, -0.25) is 9.59 Å². The molecule has 2 aromatic carbocycles. The van der Waals surface area contributed by atoms with Crippen molar-refractivity contribution in [3.63, 3.8) is 0 Å². The van der Waals surface area contributed by atoms with Gasteiger partial charge in [-0.2, -0.15) is 0 Å². The Bertz CT molecular complexity index is 750. The largest absolute Gasteiger partial charge is 0.494 e. The number of hydrogen-bond donors (Lipinski definition) is 1. The van der Waals surface area contributed by atoms with Crippen molar-refractivity contribution < 1.29 is 14.3 Å². The van der Waals surface area contributed by atoms with Crippen molar-refractivity contribution in [3.05, 3.63) is 65.2 Å². The van der Waals surface area contributed by atoms with Crippen LogP contribution < -0.4 is 10.1 Å². The third-order valence-electron chi connectivity index (χ3n) is 4.33. The number of para-hydroxylation sites is 1. The van der Waals surface area contributed by atoms with Gasteiger partial charge in [0.05, 0.1) is 6.61 Å². The van der Waals surface area contributed by atoms with Crippen molar-refractivity contribution in [1.82, 2.24) is 10.2 Å². The Morgan fingerprint density at radius 1 is 1.11 bits per heavy atom. The highest BCUT2D eigenvalue weighted by Crippen LogP contribution is 2.15. The summed E-state index contributed by atoms with van der Waals surface area (Å²) in [7, 11) is 0. The summed E-state index contributed by atoms with van der Waals surface area (Å²) in [6.07, 6.45) is 0.886. The minimum Gasteiger partial charge on any atom is -0.494 e. The average molecular weight is 403 g/mol. The van der Waals surface area contributed by atoms with Crippen LogP contribution in [0, 0.1) is 0 Å². The highest BCUT2D eigenvalue weighted by Gasteiger charge is 2.25. The molecule has 0 aliphatic heterocycles. The second-order valence-corrected chi connectivity index (χ2v) is 6.92. The Morgan fingerprint density at radius 2 is 1.79 bits per heavy atom. The van der Waals surface area contributed by atoms with Crippen LogP contribution >= 0.6 is 11.6 Å². The fraction of sp³-hybridized carbons (Fsp3) is 0.364. The summed E-state index contributed by atoms with van der Waals surface area (Å²) in [6, 6.07) is 16.2. The van der Waals surface area contributed by atoms with Gasteiger partial charge in [0.15, 0.2) is 0 Å². The van der Waals surface area contributed by atoms with Crippen LogP contribution in [0.5, 0.6) is 5.75 Å². The van der Waals surface area contributed by atoms with E-state index in [1.54, 1.807) is 24.0 Å². The van der Waals surface area contributed by atoms with E-state index in [1.807, 2.05) is 49.4 Å². The van der Waals surface area contributed by atoms with Crippen molar-refractivity contribution in [2.24, 2.45) is 0 Å². The van der Waals surface area contributed by atoms with E-state index in [0.717, 1.165) is 11.3 Å². The lowest BCUT2D eigenvalue weighted by Gasteiger charge is -2.28. The van der Waals surface area contributed by atoms with E-state index < -0.39 is 6.04 Å². The molecule has 28 heavy (non-hydrogen) atoms. The number of amides is 2. The third-order valence-corrected chi connectivity index (χ3v) is 4.58.